The number of hydrogen-bond acceptors (Lipinski definition) is 5. The molecule has 1 amide bonds. The van der Waals surface area contributed by atoms with E-state index < -0.39 is 10.0 Å². The maximum Gasteiger partial charge on any atom is 0.243 e. The molecule has 1 fully saturated rings. The molecule has 144 valence electrons. The van der Waals surface area contributed by atoms with Crippen molar-refractivity contribution in [2.24, 2.45) is 0 Å². The zero-order valence-electron chi connectivity index (χ0n) is 15.6. The highest BCUT2D eigenvalue weighted by molar-refractivity contribution is 7.89. The highest BCUT2D eigenvalue weighted by Crippen LogP contribution is 2.25. The fourth-order valence-corrected chi connectivity index (χ4v) is 4.82. The molecule has 0 bridgehead atoms. The summed E-state index contributed by atoms with van der Waals surface area (Å²) in [5.41, 5.74) is 2.13. The molecule has 1 aromatic carbocycles. The SMILES string of the molecule is CC(=O)Nc1ccc(C)c(S(=O)(=O)N2CCN(Cc3ccccn3)CC2)c1. The summed E-state index contributed by atoms with van der Waals surface area (Å²) in [5.74, 6) is -0.231. The molecule has 3 rings (SSSR count). The third-order valence-electron chi connectivity index (χ3n) is 4.57. The van der Waals surface area contributed by atoms with Gasteiger partial charge in [-0.25, -0.2) is 8.42 Å². The van der Waals surface area contributed by atoms with Gasteiger partial charge in [0, 0.05) is 51.5 Å². The van der Waals surface area contributed by atoms with Crippen molar-refractivity contribution in [1.82, 2.24) is 14.2 Å². The van der Waals surface area contributed by atoms with E-state index >= 15 is 0 Å². The number of sulfonamides is 1. The van der Waals surface area contributed by atoms with Gasteiger partial charge in [0.25, 0.3) is 0 Å². The molecular weight excluding hydrogens is 364 g/mol. The van der Waals surface area contributed by atoms with Crippen LogP contribution in [0.25, 0.3) is 0 Å². The molecule has 1 N–H and O–H groups in total. The first-order valence-electron chi connectivity index (χ1n) is 8.87. The maximum atomic E-state index is 13.1. The molecule has 0 radical (unpaired) electrons. The van der Waals surface area contributed by atoms with Gasteiger partial charge in [0.05, 0.1) is 10.6 Å². The van der Waals surface area contributed by atoms with Gasteiger partial charge in [-0.1, -0.05) is 12.1 Å². The lowest BCUT2D eigenvalue weighted by Crippen LogP contribution is -2.48. The van der Waals surface area contributed by atoms with Gasteiger partial charge >= 0.3 is 0 Å². The summed E-state index contributed by atoms with van der Waals surface area (Å²) >= 11 is 0. The molecular formula is C19H24N4O3S. The first-order chi connectivity index (χ1) is 12.9. The summed E-state index contributed by atoms with van der Waals surface area (Å²) in [5, 5.41) is 2.64. The van der Waals surface area contributed by atoms with Crippen LogP contribution in [-0.4, -0.2) is 54.7 Å². The summed E-state index contributed by atoms with van der Waals surface area (Å²) < 4.78 is 27.7. The average Bonchev–Trinajstić information content (AvgIpc) is 2.64. The number of amides is 1. The van der Waals surface area contributed by atoms with Crippen LogP contribution in [0.2, 0.25) is 0 Å². The highest BCUT2D eigenvalue weighted by atomic mass is 32.2. The Morgan fingerprint density at radius 3 is 2.52 bits per heavy atom. The van der Waals surface area contributed by atoms with E-state index in [1.807, 2.05) is 18.2 Å². The van der Waals surface area contributed by atoms with E-state index in [0.717, 1.165) is 5.69 Å². The van der Waals surface area contributed by atoms with E-state index in [4.69, 9.17) is 0 Å². The Morgan fingerprint density at radius 2 is 1.89 bits per heavy atom. The Balaban J connectivity index is 1.70. The molecule has 0 unspecified atom stereocenters. The lowest BCUT2D eigenvalue weighted by molar-refractivity contribution is -0.114. The number of benzene rings is 1. The van der Waals surface area contributed by atoms with E-state index in [9.17, 15) is 13.2 Å². The number of aryl methyl sites for hydroxylation is 1. The number of piperazine rings is 1. The lowest BCUT2D eigenvalue weighted by Gasteiger charge is -2.34. The van der Waals surface area contributed by atoms with Crippen molar-refractivity contribution in [3.05, 3.63) is 53.9 Å². The summed E-state index contributed by atoms with van der Waals surface area (Å²) in [4.78, 5) is 18.0. The van der Waals surface area contributed by atoms with Crippen molar-refractivity contribution in [3.63, 3.8) is 0 Å². The number of aromatic nitrogens is 1. The molecule has 1 aliphatic rings. The second kappa shape index (κ2) is 8.16. The molecule has 7 nitrogen and oxygen atoms in total. The molecule has 0 spiro atoms. The lowest BCUT2D eigenvalue weighted by atomic mass is 10.2. The molecule has 1 aliphatic heterocycles. The first kappa shape index (κ1) is 19.5. The fraction of sp³-hybridized carbons (Fsp3) is 0.368. The second-order valence-electron chi connectivity index (χ2n) is 6.66. The number of hydrogen-bond donors (Lipinski definition) is 1. The van der Waals surface area contributed by atoms with E-state index in [0.29, 0.717) is 44.0 Å². The van der Waals surface area contributed by atoms with E-state index in [-0.39, 0.29) is 10.8 Å². The van der Waals surface area contributed by atoms with Crippen LogP contribution in [0.1, 0.15) is 18.2 Å². The molecule has 0 aliphatic carbocycles. The number of nitrogens with zero attached hydrogens (tertiary/aromatic N) is 3. The summed E-state index contributed by atoms with van der Waals surface area (Å²) in [6.07, 6.45) is 1.76. The quantitative estimate of drug-likeness (QED) is 0.845. The number of nitrogens with one attached hydrogen (secondary N) is 1. The van der Waals surface area contributed by atoms with Crippen LogP contribution < -0.4 is 5.32 Å². The molecule has 27 heavy (non-hydrogen) atoms. The van der Waals surface area contributed by atoms with Crippen molar-refractivity contribution >= 4 is 21.6 Å². The van der Waals surface area contributed by atoms with Gasteiger partial charge in [0.1, 0.15) is 0 Å². The van der Waals surface area contributed by atoms with Crippen molar-refractivity contribution < 1.29 is 13.2 Å². The first-order valence-corrected chi connectivity index (χ1v) is 10.3. The Bertz CT molecular complexity index is 908. The zero-order chi connectivity index (χ0) is 19.4. The number of anilines is 1. The summed E-state index contributed by atoms with van der Waals surface area (Å²) in [7, 11) is -3.61. The van der Waals surface area contributed by atoms with Crippen LogP contribution in [0, 0.1) is 6.92 Å². The minimum Gasteiger partial charge on any atom is -0.326 e. The van der Waals surface area contributed by atoms with Gasteiger partial charge in [-0.05, 0) is 36.8 Å². The van der Waals surface area contributed by atoms with Gasteiger partial charge in [-0.15, -0.1) is 0 Å². The fourth-order valence-electron chi connectivity index (χ4n) is 3.15. The molecule has 1 aromatic heterocycles. The summed E-state index contributed by atoms with van der Waals surface area (Å²) in [6.45, 7) is 6.04. The van der Waals surface area contributed by atoms with Crippen molar-refractivity contribution in [3.8, 4) is 0 Å². The predicted octanol–water partition coefficient (Wildman–Crippen LogP) is 1.85. The smallest absolute Gasteiger partial charge is 0.243 e. The van der Waals surface area contributed by atoms with Crippen molar-refractivity contribution in [1.29, 1.82) is 0 Å². The number of pyridine rings is 1. The highest BCUT2D eigenvalue weighted by Gasteiger charge is 2.30. The Hall–Kier alpha value is -2.29. The standard InChI is InChI=1S/C19H24N4O3S/c1-15-6-7-17(21-16(2)24)13-19(15)27(25,26)23-11-9-22(10-12-23)14-18-5-3-4-8-20-18/h3-8,13H,9-12,14H2,1-2H3,(H,21,24). The Morgan fingerprint density at radius 1 is 1.15 bits per heavy atom. The summed E-state index contributed by atoms with van der Waals surface area (Å²) in [6, 6.07) is 10.8. The van der Waals surface area contributed by atoms with Crippen molar-refractivity contribution in [2.45, 2.75) is 25.3 Å². The molecule has 2 heterocycles. The van der Waals surface area contributed by atoms with Crippen molar-refractivity contribution in [2.75, 3.05) is 31.5 Å². The van der Waals surface area contributed by atoms with Gasteiger partial charge in [-0.3, -0.25) is 14.7 Å². The minimum atomic E-state index is -3.61. The zero-order valence-corrected chi connectivity index (χ0v) is 16.4. The van der Waals surface area contributed by atoms with Gasteiger partial charge in [0.15, 0.2) is 0 Å². The maximum absolute atomic E-state index is 13.1. The average molecular weight is 388 g/mol. The third kappa shape index (κ3) is 4.71. The van der Waals surface area contributed by atoms with Gasteiger partial charge < -0.3 is 5.32 Å². The third-order valence-corrected chi connectivity index (χ3v) is 6.61. The normalized spacial score (nSPS) is 16.2. The van der Waals surface area contributed by atoms with E-state index in [1.165, 1.54) is 17.3 Å². The molecule has 0 atom stereocenters. The minimum absolute atomic E-state index is 0.231. The number of rotatable bonds is 5. The Labute approximate surface area is 160 Å². The molecule has 0 saturated carbocycles. The molecule has 2 aromatic rings. The van der Waals surface area contributed by atoms with Crippen LogP contribution in [0.15, 0.2) is 47.5 Å². The monoisotopic (exact) mass is 388 g/mol. The predicted molar refractivity (Wildman–Crippen MR) is 104 cm³/mol. The Kier molecular flexibility index (Phi) is 5.88. The van der Waals surface area contributed by atoms with E-state index in [1.54, 1.807) is 25.3 Å². The number of carbonyl (C=O) groups excluding carboxylic acids is 1. The topological polar surface area (TPSA) is 82.6 Å². The van der Waals surface area contributed by atoms with Crippen LogP contribution in [0.3, 0.4) is 0 Å². The van der Waals surface area contributed by atoms with Gasteiger partial charge in [-0.2, -0.15) is 4.31 Å². The number of carbonyl (C=O) groups is 1. The van der Waals surface area contributed by atoms with Crippen LogP contribution >= 0.6 is 0 Å². The van der Waals surface area contributed by atoms with Crippen LogP contribution in [0.5, 0.6) is 0 Å². The van der Waals surface area contributed by atoms with Crippen LogP contribution in [0.4, 0.5) is 5.69 Å². The second-order valence-corrected chi connectivity index (χ2v) is 8.57. The van der Waals surface area contributed by atoms with Crippen LogP contribution in [-0.2, 0) is 21.4 Å². The van der Waals surface area contributed by atoms with Gasteiger partial charge in [0.2, 0.25) is 15.9 Å². The van der Waals surface area contributed by atoms with E-state index in [2.05, 4.69) is 15.2 Å². The molecule has 8 heteroatoms. The molecule has 1 saturated heterocycles. The largest absolute Gasteiger partial charge is 0.326 e.